The van der Waals surface area contributed by atoms with E-state index in [0.717, 1.165) is 42.9 Å². The minimum atomic E-state index is -0.651. The molecule has 0 fully saturated rings. The van der Waals surface area contributed by atoms with Crippen molar-refractivity contribution in [2.24, 2.45) is 0 Å². The first-order valence-electron chi connectivity index (χ1n) is 21.5. The fourth-order valence-electron chi connectivity index (χ4n) is 6.53. The van der Waals surface area contributed by atoms with Crippen molar-refractivity contribution in [1.29, 1.82) is 0 Å². The second kappa shape index (κ2) is 28.3. The Kier molecular flexibility index (Phi) is 23.3. The fourth-order valence-corrected chi connectivity index (χ4v) is 6.53. The van der Waals surface area contributed by atoms with Crippen LogP contribution in [0.4, 0.5) is 4.39 Å². The third-order valence-corrected chi connectivity index (χ3v) is 9.98. The molecular formula is C49H67FO5. The van der Waals surface area contributed by atoms with Gasteiger partial charge >= 0.3 is 11.9 Å². The van der Waals surface area contributed by atoms with Gasteiger partial charge in [-0.2, -0.15) is 0 Å². The van der Waals surface area contributed by atoms with Crippen molar-refractivity contribution in [3.05, 3.63) is 94.8 Å². The number of hydrogen-bond donors (Lipinski definition) is 0. The number of hydrogen-bond acceptors (Lipinski definition) is 5. The summed E-state index contributed by atoms with van der Waals surface area (Å²) in [5, 5.41) is 0. The van der Waals surface area contributed by atoms with E-state index in [0.29, 0.717) is 17.9 Å². The normalized spacial score (nSPS) is 11.4. The summed E-state index contributed by atoms with van der Waals surface area (Å²) in [5.41, 5.74) is 2.10. The van der Waals surface area contributed by atoms with Crippen LogP contribution in [0.15, 0.2) is 66.7 Å². The van der Waals surface area contributed by atoms with Gasteiger partial charge in [-0.05, 0) is 92.9 Å². The highest BCUT2D eigenvalue weighted by atomic mass is 19.1. The van der Waals surface area contributed by atoms with Gasteiger partial charge in [-0.25, -0.2) is 14.0 Å². The molecule has 0 aromatic heterocycles. The lowest BCUT2D eigenvalue weighted by atomic mass is 10.0. The van der Waals surface area contributed by atoms with E-state index in [9.17, 15) is 14.0 Å². The van der Waals surface area contributed by atoms with E-state index >= 15 is 0 Å². The van der Waals surface area contributed by atoms with Gasteiger partial charge in [0.25, 0.3) is 0 Å². The largest absolute Gasteiger partial charge is 0.491 e. The van der Waals surface area contributed by atoms with Gasteiger partial charge < -0.3 is 14.2 Å². The van der Waals surface area contributed by atoms with Gasteiger partial charge in [0.05, 0.1) is 23.8 Å². The minimum absolute atomic E-state index is 0.111. The molecule has 55 heavy (non-hydrogen) atoms. The average molecular weight is 755 g/mol. The molecule has 0 spiro atoms. The highest BCUT2D eigenvalue weighted by Crippen LogP contribution is 2.22. The van der Waals surface area contributed by atoms with Crippen molar-refractivity contribution < 1.29 is 28.2 Å². The van der Waals surface area contributed by atoms with Crippen LogP contribution in [0.25, 0.3) is 0 Å². The zero-order chi connectivity index (χ0) is 39.4. The summed E-state index contributed by atoms with van der Waals surface area (Å²) in [5.74, 6) is 5.10. The Morgan fingerprint density at radius 3 is 1.53 bits per heavy atom. The van der Waals surface area contributed by atoms with E-state index in [1.165, 1.54) is 128 Å². The van der Waals surface area contributed by atoms with Gasteiger partial charge in [0.15, 0.2) is 11.6 Å². The van der Waals surface area contributed by atoms with Gasteiger partial charge in [-0.1, -0.05) is 148 Å². The lowest BCUT2D eigenvalue weighted by Crippen LogP contribution is -2.15. The Morgan fingerprint density at radius 2 is 1.02 bits per heavy atom. The molecule has 0 aliphatic carbocycles. The van der Waals surface area contributed by atoms with Gasteiger partial charge in [-0.15, -0.1) is 0 Å². The van der Waals surface area contributed by atoms with Crippen molar-refractivity contribution in [2.45, 2.75) is 168 Å². The molecule has 0 saturated heterocycles. The third kappa shape index (κ3) is 19.9. The van der Waals surface area contributed by atoms with Crippen LogP contribution in [0.1, 0.15) is 194 Å². The van der Waals surface area contributed by atoms with Gasteiger partial charge in [0.2, 0.25) is 0 Å². The fraction of sp³-hybridized carbons (Fsp3) is 0.551. The Morgan fingerprint density at radius 1 is 0.564 bits per heavy atom. The van der Waals surface area contributed by atoms with Crippen LogP contribution >= 0.6 is 0 Å². The maximum absolute atomic E-state index is 14.7. The van der Waals surface area contributed by atoms with Crippen LogP contribution in [0.5, 0.6) is 11.5 Å². The summed E-state index contributed by atoms with van der Waals surface area (Å²) in [6.07, 6.45) is 27.5. The molecule has 1 unspecified atom stereocenters. The highest BCUT2D eigenvalue weighted by Gasteiger charge is 2.14. The van der Waals surface area contributed by atoms with Gasteiger partial charge in [0.1, 0.15) is 5.75 Å². The summed E-state index contributed by atoms with van der Waals surface area (Å²) >= 11 is 0. The van der Waals surface area contributed by atoms with Crippen LogP contribution in [0.3, 0.4) is 0 Å². The van der Waals surface area contributed by atoms with Crippen molar-refractivity contribution >= 4 is 11.9 Å². The first-order valence-corrected chi connectivity index (χ1v) is 21.5. The molecule has 0 saturated carbocycles. The van der Waals surface area contributed by atoms with E-state index in [4.69, 9.17) is 14.2 Å². The second-order valence-electron chi connectivity index (χ2n) is 15.0. The predicted octanol–water partition coefficient (Wildman–Crippen LogP) is 14.0. The van der Waals surface area contributed by atoms with Crippen LogP contribution in [-0.2, 0) is 4.74 Å². The Hall–Kier alpha value is -4.11. The standard InChI is InChI=1S/C49H67FO5/c1-4-6-8-10-11-12-13-14-15-16-17-18-19-20-22-24-38-53-47-37-34-44(39-46(47)50)49(52)55-45-35-30-42(31-36-45)27-26-41-28-32-43(33-29-41)48(51)54-40(3)25-23-21-9-7-5-2/h28-37,39-40H,4-25,38H2,1-3H3. The molecule has 3 aromatic carbocycles. The van der Waals surface area contributed by atoms with Gasteiger partial charge in [-0.3, -0.25) is 0 Å². The SMILES string of the molecule is CCCCCCCCCCCCCCCCCCOc1ccc(C(=O)Oc2ccc(C#Cc3ccc(C(=O)OC(C)CCCCCCC)cc3)cc2)cc1F. The van der Waals surface area contributed by atoms with E-state index in [-0.39, 0.29) is 23.4 Å². The predicted molar refractivity (Wildman–Crippen MR) is 224 cm³/mol. The zero-order valence-corrected chi connectivity index (χ0v) is 34.1. The molecule has 0 aliphatic rings. The molecule has 0 aliphatic heterocycles. The molecule has 0 N–H and O–H groups in total. The second-order valence-corrected chi connectivity index (χ2v) is 15.0. The summed E-state index contributed by atoms with van der Waals surface area (Å²) in [6.45, 7) is 6.86. The number of carbonyl (C=O) groups is 2. The first kappa shape index (κ1) is 45.3. The average Bonchev–Trinajstić information content (AvgIpc) is 3.19. The summed E-state index contributed by atoms with van der Waals surface area (Å²) < 4.78 is 31.5. The molecule has 0 bridgehead atoms. The first-order chi connectivity index (χ1) is 26.9. The molecule has 0 heterocycles. The molecular weight excluding hydrogens is 688 g/mol. The smallest absolute Gasteiger partial charge is 0.343 e. The van der Waals surface area contributed by atoms with Crippen LogP contribution in [-0.4, -0.2) is 24.6 Å². The summed E-state index contributed by atoms with van der Waals surface area (Å²) in [6, 6.07) is 18.0. The Bertz CT molecular complexity index is 1550. The minimum Gasteiger partial charge on any atom is -0.491 e. The third-order valence-electron chi connectivity index (χ3n) is 9.98. The van der Waals surface area contributed by atoms with Crippen LogP contribution in [0, 0.1) is 17.7 Å². The number of ether oxygens (including phenoxy) is 3. The van der Waals surface area contributed by atoms with E-state index in [1.54, 1.807) is 48.5 Å². The van der Waals surface area contributed by atoms with Crippen molar-refractivity contribution in [1.82, 2.24) is 0 Å². The van der Waals surface area contributed by atoms with E-state index in [2.05, 4.69) is 25.7 Å². The number of rotatable bonds is 28. The summed E-state index contributed by atoms with van der Waals surface area (Å²) in [7, 11) is 0. The maximum atomic E-state index is 14.7. The number of unbranched alkanes of at least 4 members (excludes halogenated alkanes) is 19. The van der Waals surface area contributed by atoms with Crippen LogP contribution in [0.2, 0.25) is 0 Å². The Labute approximate surface area is 332 Å². The van der Waals surface area contributed by atoms with Crippen molar-refractivity contribution in [3.8, 4) is 23.3 Å². The maximum Gasteiger partial charge on any atom is 0.343 e. The van der Waals surface area contributed by atoms with Gasteiger partial charge in [0, 0.05) is 11.1 Å². The molecule has 0 radical (unpaired) electrons. The van der Waals surface area contributed by atoms with E-state index < -0.39 is 11.8 Å². The molecule has 0 amide bonds. The molecule has 1 atom stereocenters. The van der Waals surface area contributed by atoms with E-state index in [1.807, 2.05) is 6.92 Å². The summed E-state index contributed by atoms with van der Waals surface area (Å²) in [4.78, 5) is 25.3. The zero-order valence-electron chi connectivity index (χ0n) is 34.1. The lowest BCUT2D eigenvalue weighted by molar-refractivity contribution is 0.0319. The Balaban J connectivity index is 1.29. The number of benzene rings is 3. The lowest BCUT2D eigenvalue weighted by Gasteiger charge is -2.13. The molecule has 300 valence electrons. The molecule has 6 heteroatoms. The molecule has 3 aromatic rings. The van der Waals surface area contributed by atoms with Crippen molar-refractivity contribution in [3.63, 3.8) is 0 Å². The quantitative estimate of drug-likeness (QED) is 0.0320. The number of carbonyl (C=O) groups excluding carboxylic acids is 2. The van der Waals surface area contributed by atoms with Crippen molar-refractivity contribution in [2.75, 3.05) is 6.61 Å². The topological polar surface area (TPSA) is 61.8 Å². The molecule has 3 rings (SSSR count). The number of halogens is 1. The number of esters is 2. The molecule has 5 nitrogen and oxygen atoms in total. The highest BCUT2D eigenvalue weighted by molar-refractivity contribution is 5.91. The monoisotopic (exact) mass is 754 g/mol. The van der Waals surface area contributed by atoms with Crippen LogP contribution < -0.4 is 9.47 Å².